The van der Waals surface area contributed by atoms with Crippen LogP contribution in [0.2, 0.25) is 0 Å². The van der Waals surface area contributed by atoms with Gasteiger partial charge >= 0.3 is 0 Å². The Morgan fingerprint density at radius 3 is 2.23 bits per heavy atom. The normalized spacial score (nSPS) is 10.2. The van der Waals surface area contributed by atoms with Crippen molar-refractivity contribution in [3.05, 3.63) is 66.5 Å². The van der Waals surface area contributed by atoms with Gasteiger partial charge in [-0.2, -0.15) is 5.10 Å². The Hall–Kier alpha value is -3.06. The van der Waals surface area contributed by atoms with Gasteiger partial charge < -0.3 is 20.1 Å². The lowest BCUT2D eigenvalue weighted by molar-refractivity contribution is 0.395. The topological polar surface area (TPSA) is 60.3 Å². The minimum absolute atomic E-state index is 0.486. The van der Waals surface area contributed by atoms with Crippen LogP contribution in [0.15, 0.2) is 60.9 Å². The molecule has 0 bridgehead atoms. The predicted octanol–water partition coefficient (Wildman–Crippen LogP) is 3.76. The van der Waals surface area contributed by atoms with Crippen LogP contribution in [0, 0.1) is 0 Å². The fourth-order valence-corrected chi connectivity index (χ4v) is 2.68. The molecule has 134 valence electrons. The second-order valence-electron chi connectivity index (χ2n) is 5.58. The smallest absolute Gasteiger partial charge is 0.175 e. The Labute approximate surface area is 157 Å². The van der Waals surface area contributed by atoms with Crippen molar-refractivity contribution in [1.82, 2.24) is 9.78 Å². The summed E-state index contributed by atoms with van der Waals surface area (Å²) in [7, 11) is 3.22. The first-order chi connectivity index (χ1) is 12.7. The molecule has 0 saturated heterocycles. The molecule has 0 spiro atoms. The third-order valence-corrected chi connectivity index (χ3v) is 3.93. The van der Waals surface area contributed by atoms with Crippen LogP contribution >= 0.6 is 12.2 Å². The van der Waals surface area contributed by atoms with Gasteiger partial charge in [-0.05, 0) is 36.0 Å². The molecule has 7 heteroatoms. The predicted molar refractivity (Wildman–Crippen MR) is 107 cm³/mol. The summed E-state index contributed by atoms with van der Waals surface area (Å²) in [5.74, 6) is 1.38. The monoisotopic (exact) mass is 368 g/mol. The third kappa shape index (κ3) is 4.73. The molecule has 1 aromatic heterocycles. The molecule has 3 rings (SSSR count). The number of benzene rings is 2. The van der Waals surface area contributed by atoms with Crippen molar-refractivity contribution in [2.24, 2.45) is 0 Å². The van der Waals surface area contributed by atoms with Crippen molar-refractivity contribution in [3.8, 4) is 11.5 Å². The van der Waals surface area contributed by atoms with Gasteiger partial charge in [-0.1, -0.05) is 12.1 Å². The van der Waals surface area contributed by atoms with Crippen LogP contribution in [0.5, 0.6) is 11.5 Å². The van der Waals surface area contributed by atoms with Gasteiger partial charge in [-0.3, -0.25) is 4.68 Å². The lowest BCUT2D eigenvalue weighted by Crippen LogP contribution is -2.19. The zero-order chi connectivity index (χ0) is 18.4. The zero-order valence-corrected chi connectivity index (χ0v) is 15.4. The summed E-state index contributed by atoms with van der Waals surface area (Å²) in [6, 6.07) is 15.5. The van der Waals surface area contributed by atoms with Crippen molar-refractivity contribution in [3.63, 3.8) is 0 Å². The number of ether oxygens (including phenoxy) is 2. The highest BCUT2D eigenvalue weighted by Gasteiger charge is 2.04. The molecule has 0 atom stereocenters. The van der Waals surface area contributed by atoms with Gasteiger partial charge in [0.2, 0.25) is 0 Å². The number of rotatable bonds is 6. The van der Waals surface area contributed by atoms with E-state index in [0.29, 0.717) is 16.6 Å². The molecular weight excluding hydrogens is 348 g/mol. The van der Waals surface area contributed by atoms with Crippen LogP contribution in [0.25, 0.3) is 0 Å². The number of methoxy groups -OCH3 is 2. The quantitative estimate of drug-likeness (QED) is 0.646. The lowest BCUT2D eigenvalue weighted by Gasteiger charge is -2.13. The van der Waals surface area contributed by atoms with Crippen LogP contribution in [0.1, 0.15) is 5.56 Å². The van der Waals surface area contributed by atoms with E-state index in [2.05, 4.69) is 15.7 Å². The maximum Gasteiger partial charge on any atom is 0.175 e. The number of nitrogens with one attached hydrogen (secondary N) is 2. The van der Waals surface area contributed by atoms with E-state index in [1.807, 2.05) is 53.3 Å². The fraction of sp³-hybridized carbons (Fsp3) is 0.158. The number of anilines is 2. The Kier molecular flexibility index (Phi) is 5.70. The van der Waals surface area contributed by atoms with Crippen molar-refractivity contribution in [2.75, 3.05) is 24.9 Å². The summed E-state index contributed by atoms with van der Waals surface area (Å²) >= 11 is 5.39. The molecule has 0 aliphatic carbocycles. The highest BCUT2D eigenvalue weighted by atomic mass is 32.1. The minimum Gasteiger partial charge on any atom is -0.497 e. The lowest BCUT2D eigenvalue weighted by atomic mass is 10.2. The first-order valence-corrected chi connectivity index (χ1v) is 8.44. The summed E-state index contributed by atoms with van der Waals surface area (Å²) in [6.07, 6.45) is 3.71. The standard InChI is InChI=1S/C19H20N4O2S/c1-24-17-10-16(11-18(12-17)25-2)22-19(26)21-15-6-4-14(5-7-15)13-23-9-3-8-20-23/h3-12H,13H2,1-2H3,(H2,21,22,26). The van der Waals surface area contributed by atoms with E-state index in [9.17, 15) is 0 Å². The van der Waals surface area contributed by atoms with Gasteiger partial charge in [0.25, 0.3) is 0 Å². The molecule has 26 heavy (non-hydrogen) atoms. The Bertz CT molecular complexity index is 842. The van der Waals surface area contributed by atoms with E-state index in [1.165, 1.54) is 0 Å². The van der Waals surface area contributed by atoms with Crippen molar-refractivity contribution in [1.29, 1.82) is 0 Å². The summed E-state index contributed by atoms with van der Waals surface area (Å²) in [5, 5.41) is 11.0. The molecule has 0 unspecified atom stereocenters. The Balaban J connectivity index is 1.61. The molecule has 0 radical (unpaired) electrons. The number of thiocarbonyl (C=S) groups is 1. The van der Waals surface area contributed by atoms with E-state index in [1.54, 1.807) is 26.5 Å². The van der Waals surface area contributed by atoms with Gasteiger partial charge in [0.15, 0.2) is 5.11 Å². The third-order valence-electron chi connectivity index (χ3n) is 3.72. The van der Waals surface area contributed by atoms with Crippen LogP contribution in [-0.4, -0.2) is 29.1 Å². The van der Waals surface area contributed by atoms with Gasteiger partial charge in [0.1, 0.15) is 11.5 Å². The summed E-state index contributed by atoms with van der Waals surface area (Å²) < 4.78 is 12.4. The van der Waals surface area contributed by atoms with Crippen LogP contribution in [-0.2, 0) is 6.54 Å². The maximum atomic E-state index is 5.39. The molecule has 2 N–H and O–H groups in total. The average molecular weight is 368 g/mol. The number of nitrogens with zero attached hydrogens (tertiary/aromatic N) is 2. The Morgan fingerprint density at radius 1 is 1.00 bits per heavy atom. The van der Waals surface area contributed by atoms with Gasteiger partial charge in [0, 0.05) is 42.0 Å². The molecule has 0 amide bonds. The number of hydrogen-bond donors (Lipinski definition) is 2. The summed E-state index contributed by atoms with van der Waals surface area (Å²) in [5.41, 5.74) is 2.85. The first-order valence-electron chi connectivity index (χ1n) is 8.04. The molecule has 3 aromatic rings. The molecule has 0 saturated carbocycles. The molecular formula is C19H20N4O2S. The van der Waals surface area contributed by atoms with Crippen molar-refractivity contribution in [2.45, 2.75) is 6.54 Å². The highest BCUT2D eigenvalue weighted by molar-refractivity contribution is 7.80. The molecule has 0 aliphatic rings. The zero-order valence-electron chi connectivity index (χ0n) is 14.6. The van der Waals surface area contributed by atoms with Gasteiger partial charge in [0.05, 0.1) is 20.8 Å². The number of aromatic nitrogens is 2. The molecule has 0 aliphatic heterocycles. The maximum absolute atomic E-state index is 5.39. The second-order valence-corrected chi connectivity index (χ2v) is 5.99. The largest absolute Gasteiger partial charge is 0.497 e. The Morgan fingerprint density at radius 2 is 1.65 bits per heavy atom. The molecule has 0 fully saturated rings. The van der Waals surface area contributed by atoms with E-state index in [0.717, 1.165) is 23.5 Å². The number of hydrogen-bond acceptors (Lipinski definition) is 4. The van der Waals surface area contributed by atoms with Gasteiger partial charge in [-0.15, -0.1) is 0 Å². The summed E-state index contributed by atoms with van der Waals surface area (Å²) in [4.78, 5) is 0. The molecule has 6 nitrogen and oxygen atoms in total. The van der Waals surface area contributed by atoms with Crippen LogP contribution < -0.4 is 20.1 Å². The fourth-order valence-electron chi connectivity index (χ4n) is 2.45. The van der Waals surface area contributed by atoms with Crippen LogP contribution in [0.3, 0.4) is 0 Å². The minimum atomic E-state index is 0.486. The summed E-state index contributed by atoms with van der Waals surface area (Å²) in [6.45, 7) is 0.736. The van der Waals surface area contributed by atoms with E-state index in [-0.39, 0.29) is 0 Å². The molecule has 2 aromatic carbocycles. The SMILES string of the molecule is COc1cc(NC(=S)Nc2ccc(Cn3cccn3)cc2)cc(OC)c1. The van der Waals surface area contributed by atoms with Crippen molar-refractivity contribution >= 4 is 28.7 Å². The molecule has 1 heterocycles. The first kappa shape index (κ1) is 17.8. The van der Waals surface area contributed by atoms with E-state index < -0.39 is 0 Å². The second kappa shape index (κ2) is 8.35. The highest BCUT2D eigenvalue weighted by Crippen LogP contribution is 2.26. The van der Waals surface area contributed by atoms with Crippen LogP contribution in [0.4, 0.5) is 11.4 Å². The average Bonchev–Trinajstić information content (AvgIpc) is 3.16. The van der Waals surface area contributed by atoms with Crippen molar-refractivity contribution < 1.29 is 9.47 Å². The van der Waals surface area contributed by atoms with Gasteiger partial charge in [-0.25, -0.2) is 0 Å². The van der Waals surface area contributed by atoms with E-state index >= 15 is 0 Å². The van der Waals surface area contributed by atoms with E-state index in [4.69, 9.17) is 21.7 Å².